The van der Waals surface area contributed by atoms with Crippen LogP contribution < -0.4 is 10.3 Å². The van der Waals surface area contributed by atoms with E-state index in [1.807, 2.05) is 45.0 Å². The van der Waals surface area contributed by atoms with Crippen molar-refractivity contribution in [3.05, 3.63) is 52.1 Å². The van der Waals surface area contributed by atoms with Crippen molar-refractivity contribution in [2.45, 2.75) is 33.6 Å². The van der Waals surface area contributed by atoms with E-state index in [0.717, 1.165) is 11.3 Å². The van der Waals surface area contributed by atoms with Gasteiger partial charge in [0, 0.05) is 5.56 Å². The molecule has 2 heterocycles. The molecule has 0 bridgehead atoms. The molecule has 0 saturated carbocycles. The Labute approximate surface area is 150 Å². The minimum absolute atomic E-state index is 0.0704. The van der Waals surface area contributed by atoms with Crippen molar-refractivity contribution >= 4 is 17.2 Å². The number of aryl methyl sites for hydroxylation is 1. The summed E-state index contributed by atoms with van der Waals surface area (Å²) in [6.07, 6.45) is 0.523. The first kappa shape index (κ1) is 17.7. The lowest BCUT2D eigenvalue weighted by Gasteiger charge is -2.13. The van der Waals surface area contributed by atoms with Crippen molar-refractivity contribution < 1.29 is 14.3 Å². The average Bonchev–Trinajstić information content (AvgIpc) is 2.91. The maximum Gasteiger partial charge on any atom is 0.515 e. The number of benzene rings is 1. The summed E-state index contributed by atoms with van der Waals surface area (Å²) in [4.78, 5) is 31.4. The fourth-order valence-electron chi connectivity index (χ4n) is 2.92. The highest BCUT2D eigenvalue weighted by Crippen LogP contribution is 2.37. The summed E-state index contributed by atoms with van der Waals surface area (Å²) >= 11 is 0. The van der Waals surface area contributed by atoms with Crippen LogP contribution in [0.1, 0.15) is 37.8 Å². The summed E-state index contributed by atoms with van der Waals surface area (Å²) in [7, 11) is 0. The Kier molecular flexibility index (Phi) is 4.79. The summed E-state index contributed by atoms with van der Waals surface area (Å²) in [5.74, 6) is 0.181. The number of fused-ring (bicyclic) bond motifs is 1. The number of H-pyrrole nitrogens is 1. The third kappa shape index (κ3) is 3.08. The molecule has 0 radical (unpaired) electrons. The highest BCUT2D eigenvalue weighted by Gasteiger charge is 2.27. The van der Waals surface area contributed by atoms with Crippen molar-refractivity contribution in [3.63, 3.8) is 0 Å². The molecule has 0 spiro atoms. The summed E-state index contributed by atoms with van der Waals surface area (Å²) < 4.78 is 12.1. The molecule has 26 heavy (non-hydrogen) atoms. The molecule has 0 aliphatic heterocycles. The largest absolute Gasteiger partial charge is 0.515 e. The molecule has 1 N–H and O–H groups in total. The van der Waals surface area contributed by atoms with E-state index in [-0.39, 0.29) is 24.0 Å². The molecular formula is C19H21N3O4. The van der Waals surface area contributed by atoms with Gasteiger partial charge >= 0.3 is 6.16 Å². The average molecular weight is 355 g/mol. The van der Waals surface area contributed by atoms with Gasteiger partial charge in [0.1, 0.15) is 0 Å². The Bertz CT molecular complexity index is 1000. The van der Waals surface area contributed by atoms with Gasteiger partial charge in [-0.1, -0.05) is 31.5 Å². The van der Waals surface area contributed by atoms with Gasteiger partial charge in [0.25, 0.3) is 5.56 Å². The first-order valence-corrected chi connectivity index (χ1v) is 8.47. The van der Waals surface area contributed by atoms with Crippen molar-refractivity contribution in [2.24, 2.45) is 0 Å². The zero-order chi connectivity index (χ0) is 18.8. The molecule has 7 heteroatoms. The standard InChI is InChI=1S/C19H21N3O4/c1-5-25-19(24)26-18-14(11(2)3)15-16(20-10-21-17(15)23)22(18)13-8-6-12(4)7-9-13/h6-11H,5H2,1-4H3,(H,20,21,23). The topological polar surface area (TPSA) is 86.2 Å². The maximum absolute atomic E-state index is 12.5. The number of aromatic nitrogens is 3. The van der Waals surface area contributed by atoms with E-state index in [9.17, 15) is 9.59 Å². The molecule has 0 amide bonds. The van der Waals surface area contributed by atoms with Crippen LogP contribution in [0.4, 0.5) is 4.79 Å². The fourth-order valence-corrected chi connectivity index (χ4v) is 2.92. The Morgan fingerprint density at radius 3 is 2.58 bits per heavy atom. The minimum Gasteiger partial charge on any atom is -0.434 e. The van der Waals surface area contributed by atoms with Gasteiger partial charge in [0.15, 0.2) is 5.65 Å². The molecule has 7 nitrogen and oxygen atoms in total. The zero-order valence-corrected chi connectivity index (χ0v) is 15.2. The van der Waals surface area contributed by atoms with E-state index in [2.05, 4.69) is 9.97 Å². The Morgan fingerprint density at radius 1 is 1.27 bits per heavy atom. The number of rotatable bonds is 4. The molecule has 2 aromatic heterocycles. The quantitative estimate of drug-likeness (QED) is 0.722. The van der Waals surface area contributed by atoms with Crippen LogP contribution in [0.3, 0.4) is 0 Å². The van der Waals surface area contributed by atoms with Gasteiger partial charge in [0.2, 0.25) is 5.88 Å². The van der Waals surface area contributed by atoms with Crippen molar-refractivity contribution in [3.8, 4) is 11.6 Å². The van der Waals surface area contributed by atoms with Crippen LogP contribution >= 0.6 is 0 Å². The van der Waals surface area contributed by atoms with Crippen LogP contribution in [0.5, 0.6) is 5.88 Å². The number of hydrogen-bond donors (Lipinski definition) is 1. The zero-order valence-electron chi connectivity index (χ0n) is 15.2. The summed E-state index contributed by atoms with van der Waals surface area (Å²) in [5.41, 5.74) is 2.60. The Morgan fingerprint density at radius 2 is 1.96 bits per heavy atom. The van der Waals surface area contributed by atoms with Gasteiger partial charge in [0.05, 0.1) is 24.0 Å². The second-order valence-electron chi connectivity index (χ2n) is 6.26. The van der Waals surface area contributed by atoms with E-state index in [1.54, 1.807) is 11.5 Å². The van der Waals surface area contributed by atoms with Crippen molar-refractivity contribution in [1.29, 1.82) is 0 Å². The van der Waals surface area contributed by atoms with Crippen molar-refractivity contribution in [1.82, 2.24) is 14.5 Å². The first-order chi connectivity index (χ1) is 12.4. The molecular weight excluding hydrogens is 334 g/mol. The van der Waals surface area contributed by atoms with E-state index < -0.39 is 6.16 Å². The Balaban J connectivity index is 2.36. The van der Waals surface area contributed by atoms with Crippen LogP contribution in [0.25, 0.3) is 16.7 Å². The van der Waals surface area contributed by atoms with Crippen molar-refractivity contribution in [2.75, 3.05) is 6.61 Å². The van der Waals surface area contributed by atoms with E-state index in [4.69, 9.17) is 9.47 Å². The van der Waals surface area contributed by atoms with Crippen LogP contribution in [-0.2, 0) is 4.74 Å². The number of hydrogen-bond acceptors (Lipinski definition) is 5. The normalized spacial score (nSPS) is 11.1. The second kappa shape index (κ2) is 7.03. The molecule has 0 aliphatic carbocycles. The minimum atomic E-state index is -0.818. The maximum atomic E-state index is 12.5. The van der Waals surface area contributed by atoms with Gasteiger partial charge < -0.3 is 14.5 Å². The van der Waals surface area contributed by atoms with Crippen LogP contribution in [0.2, 0.25) is 0 Å². The highest BCUT2D eigenvalue weighted by molar-refractivity contribution is 5.86. The number of ether oxygens (including phenoxy) is 2. The lowest BCUT2D eigenvalue weighted by atomic mass is 10.0. The molecule has 136 valence electrons. The van der Waals surface area contributed by atoms with Gasteiger partial charge in [-0.15, -0.1) is 0 Å². The number of carbonyl (C=O) groups is 1. The van der Waals surface area contributed by atoms with Crippen LogP contribution in [-0.4, -0.2) is 27.3 Å². The first-order valence-electron chi connectivity index (χ1n) is 8.47. The van der Waals surface area contributed by atoms with E-state index >= 15 is 0 Å². The number of aromatic amines is 1. The predicted octanol–water partition coefficient (Wildman–Crippen LogP) is 3.68. The second-order valence-corrected chi connectivity index (χ2v) is 6.26. The Hall–Kier alpha value is -3.09. The molecule has 0 fully saturated rings. The smallest absolute Gasteiger partial charge is 0.434 e. The van der Waals surface area contributed by atoms with Crippen LogP contribution in [0.15, 0.2) is 35.4 Å². The summed E-state index contributed by atoms with van der Waals surface area (Å²) in [5, 5.41) is 0.405. The summed E-state index contributed by atoms with van der Waals surface area (Å²) in [6.45, 7) is 7.74. The highest BCUT2D eigenvalue weighted by atomic mass is 16.7. The van der Waals surface area contributed by atoms with Gasteiger partial charge in [-0.25, -0.2) is 9.78 Å². The third-order valence-electron chi connectivity index (χ3n) is 4.06. The third-order valence-corrected chi connectivity index (χ3v) is 4.06. The molecule has 3 rings (SSSR count). The summed E-state index contributed by atoms with van der Waals surface area (Å²) in [6, 6.07) is 7.66. The molecule has 1 aromatic carbocycles. The number of nitrogens with zero attached hydrogens (tertiary/aromatic N) is 2. The van der Waals surface area contributed by atoms with Gasteiger partial charge in [-0.2, -0.15) is 0 Å². The molecule has 0 saturated heterocycles. The number of carbonyl (C=O) groups excluding carboxylic acids is 1. The monoisotopic (exact) mass is 355 g/mol. The fraction of sp³-hybridized carbons (Fsp3) is 0.316. The van der Waals surface area contributed by atoms with Gasteiger partial charge in [-0.3, -0.25) is 9.36 Å². The SMILES string of the molecule is CCOC(=O)Oc1c(C(C)C)c2c(=O)[nH]cnc2n1-c1ccc(C)cc1. The van der Waals surface area contributed by atoms with Crippen LogP contribution in [0, 0.1) is 6.92 Å². The number of nitrogens with one attached hydrogen (secondary N) is 1. The molecule has 3 aromatic rings. The predicted molar refractivity (Wildman–Crippen MR) is 98.2 cm³/mol. The lowest BCUT2D eigenvalue weighted by Crippen LogP contribution is -2.14. The van der Waals surface area contributed by atoms with Gasteiger partial charge in [-0.05, 0) is 31.9 Å². The molecule has 0 atom stereocenters. The lowest BCUT2D eigenvalue weighted by molar-refractivity contribution is 0.102. The molecule has 0 aliphatic rings. The van der Waals surface area contributed by atoms with E-state index in [1.165, 1.54) is 6.33 Å². The molecule has 0 unspecified atom stereocenters. The van der Waals surface area contributed by atoms with E-state index in [0.29, 0.717) is 16.6 Å².